The van der Waals surface area contributed by atoms with Crippen molar-refractivity contribution in [3.63, 3.8) is 0 Å². The summed E-state index contributed by atoms with van der Waals surface area (Å²) in [6.07, 6.45) is 2.27. The highest BCUT2D eigenvalue weighted by molar-refractivity contribution is 5.37. The molecule has 0 spiro atoms. The Morgan fingerprint density at radius 3 is 2.84 bits per heavy atom. The number of nitrogens with zero attached hydrogens (tertiary/aromatic N) is 5. The Morgan fingerprint density at radius 1 is 1.32 bits per heavy atom. The van der Waals surface area contributed by atoms with E-state index in [1.54, 1.807) is 6.07 Å². The molecule has 7 heteroatoms. The van der Waals surface area contributed by atoms with Crippen LogP contribution >= 0.6 is 0 Å². The number of hydrogen-bond acceptors (Lipinski definition) is 6. The van der Waals surface area contributed by atoms with E-state index in [0.717, 1.165) is 30.4 Å². The fraction of sp³-hybridized carbons (Fsp3) is 0.500. The summed E-state index contributed by atoms with van der Waals surface area (Å²) in [4.78, 5) is 8.15. The average Bonchev–Trinajstić information content (AvgIpc) is 2.72. The van der Waals surface area contributed by atoms with Crippen molar-refractivity contribution in [1.29, 1.82) is 0 Å². The van der Waals surface area contributed by atoms with Crippen LogP contribution in [0.3, 0.4) is 0 Å². The summed E-state index contributed by atoms with van der Waals surface area (Å²) in [6.45, 7) is 5.18. The Bertz CT molecular complexity index is 539. The highest BCUT2D eigenvalue weighted by Gasteiger charge is 2.04. The quantitative estimate of drug-likeness (QED) is 0.835. The molecule has 2 rings (SSSR count). The molecule has 1 N–H and O–H groups in total. The predicted molar refractivity (Wildman–Crippen MR) is 71.1 cm³/mol. The van der Waals surface area contributed by atoms with Crippen molar-refractivity contribution in [2.45, 2.75) is 20.3 Å². The molecule has 0 aliphatic rings. The second kappa shape index (κ2) is 6.12. The van der Waals surface area contributed by atoms with Gasteiger partial charge >= 0.3 is 0 Å². The highest BCUT2D eigenvalue weighted by atomic mass is 16.5. The molecular weight excluding hydrogens is 244 g/mol. The van der Waals surface area contributed by atoms with Crippen LogP contribution in [0.5, 0.6) is 5.88 Å². The molecule has 2 aromatic rings. The van der Waals surface area contributed by atoms with E-state index in [1.807, 2.05) is 25.5 Å². The van der Waals surface area contributed by atoms with Gasteiger partial charge in [-0.3, -0.25) is 0 Å². The largest absolute Gasteiger partial charge is 0.478 e. The molecule has 0 atom stereocenters. The number of aryl methyl sites for hydroxylation is 1. The van der Waals surface area contributed by atoms with E-state index in [9.17, 15) is 0 Å². The Hall–Kier alpha value is -2.18. The van der Waals surface area contributed by atoms with Gasteiger partial charge in [-0.25, -0.2) is 9.97 Å². The standard InChI is InChI=1S/C12H18N6O/c1-4-19-12-7-10(14-8-15-12)13-6-5-11-17-16-9(2)18(11)3/h7-8H,4-6H2,1-3H3,(H,13,14,15). The molecule has 2 aromatic heterocycles. The molecule has 0 aliphatic heterocycles. The van der Waals surface area contributed by atoms with E-state index < -0.39 is 0 Å². The Morgan fingerprint density at radius 2 is 2.16 bits per heavy atom. The van der Waals surface area contributed by atoms with Crippen LogP contribution in [0.25, 0.3) is 0 Å². The predicted octanol–water partition coefficient (Wildman–Crippen LogP) is 0.967. The lowest BCUT2D eigenvalue weighted by Gasteiger charge is -2.07. The van der Waals surface area contributed by atoms with E-state index in [0.29, 0.717) is 12.5 Å². The molecule has 0 aliphatic carbocycles. The first-order valence-corrected chi connectivity index (χ1v) is 6.24. The van der Waals surface area contributed by atoms with Crippen LogP contribution in [0.15, 0.2) is 12.4 Å². The lowest BCUT2D eigenvalue weighted by Crippen LogP contribution is -2.10. The molecule has 102 valence electrons. The molecule has 0 aromatic carbocycles. The van der Waals surface area contributed by atoms with Gasteiger partial charge in [-0.1, -0.05) is 0 Å². The van der Waals surface area contributed by atoms with Crippen LogP contribution < -0.4 is 10.1 Å². The molecule has 0 saturated carbocycles. The van der Waals surface area contributed by atoms with Crippen LogP contribution in [-0.4, -0.2) is 37.9 Å². The molecule has 2 heterocycles. The van der Waals surface area contributed by atoms with Crippen LogP contribution in [-0.2, 0) is 13.5 Å². The first-order valence-electron chi connectivity index (χ1n) is 6.24. The maximum Gasteiger partial charge on any atom is 0.218 e. The summed E-state index contributed by atoms with van der Waals surface area (Å²) in [7, 11) is 1.96. The zero-order valence-corrected chi connectivity index (χ0v) is 11.4. The van der Waals surface area contributed by atoms with E-state index in [2.05, 4.69) is 25.5 Å². The smallest absolute Gasteiger partial charge is 0.218 e. The molecule has 7 nitrogen and oxygen atoms in total. The van der Waals surface area contributed by atoms with Crippen LogP contribution in [0.2, 0.25) is 0 Å². The molecule has 0 fully saturated rings. The second-order valence-corrected chi connectivity index (χ2v) is 4.07. The van der Waals surface area contributed by atoms with Gasteiger partial charge in [0.25, 0.3) is 0 Å². The van der Waals surface area contributed by atoms with Crippen LogP contribution in [0, 0.1) is 6.92 Å². The van der Waals surface area contributed by atoms with Crippen molar-refractivity contribution >= 4 is 5.82 Å². The maximum atomic E-state index is 5.32. The first kappa shape index (κ1) is 13.3. The first-order chi connectivity index (χ1) is 9.20. The minimum atomic E-state index is 0.578. The van der Waals surface area contributed by atoms with Gasteiger partial charge in [-0.05, 0) is 13.8 Å². The van der Waals surface area contributed by atoms with Crippen LogP contribution in [0.4, 0.5) is 5.82 Å². The third kappa shape index (κ3) is 3.40. The van der Waals surface area contributed by atoms with Gasteiger partial charge in [0, 0.05) is 26.1 Å². The van der Waals surface area contributed by atoms with Gasteiger partial charge < -0.3 is 14.6 Å². The monoisotopic (exact) mass is 262 g/mol. The van der Waals surface area contributed by atoms with E-state index in [4.69, 9.17) is 4.74 Å². The number of aromatic nitrogens is 5. The molecule has 0 saturated heterocycles. The summed E-state index contributed by atoms with van der Waals surface area (Å²) >= 11 is 0. The van der Waals surface area contributed by atoms with Gasteiger partial charge in [-0.2, -0.15) is 0 Å². The summed E-state index contributed by atoms with van der Waals surface area (Å²) in [5.41, 5.74) is 0. The Balaban J connectivity index is 1.88. The Labute approximate surface area is 112 Å². The zero-order valence-electron chi connectivity index (χ0n) is 11.4. The molecule has 0 bridgehead atoms. The maximum absolute atomic E-state index is 5.32. The lowest BCUT2D eigenvalue weighted by molar-refractivity contribution is 0.326. The Kier molecular flexibility index (Phi) is 4.27. The third-order valence-electron chi connectivity index (χ3n) is 2.77. The topological polar surface area (TPSA) is 77.8 Å². The minimum Gasteiger partial charge on any atom is -0.478 e. The number of anilines is 1. The van der Waals surface area contributed by atoms with Crippen molar-refractivity contribution in [2.75, 3.05) is 18.5 Å². The fourth-order valence-electron chi connectivity index (χ4n) is 1.63. The second-order valence-electron chi connectivity index (χ2n) is 4.07. The number of rotatable bonds is 6. The van der Waals surface area contributed by atoms with E-state index >= 15 is 0 Å². The van der Waals surface area contributed by atoms with Crippen LogP contribution in [0.1, 0.15) is 18.6 Å². The summed E-state index contributed by atoms with van der Waals surface area (Å²) < 4.78 is 7.30. The van der Waals surface area contributed by atoms with Crippen molar-refractivity contribution in [2.24, 2.45) is 7.05 Å². The number of nitrogens with one attached hydrogen (secondary N) is 1. The third-order valence-corrected chi connectivity index (χ3v) is 2.77. The molecule has 19 heavy (non-hydrogen) atoms. The molecule has 0 radical (unpaired) electrons. The SMILES string of the molecule is CCOc1cc(NCCc2nnc(C)n2C)ncn1. The van der Waals surface area contributed by atoms with Crippen molar-refractivity contribution in [3.8, 4) is 5.88 Å². The molecular formula is C12H18N6O. The minimum absolute atomic E-state index is 0.578. The summed E-state index contributed by atoms with van der Waals surface area (Å²) in [6, 6.07) is 1.78. The normalized spacial score (nSPS) is 10.5. The van der Waals surface area contributed by atoms with Crippen molar-refractivity contribution in [3.05, 3.63) is 24.0 Å². The summed E-state index contributed by atoms with van der Waals surface area (Å²) in [5.74, 6) is 3.19. The van der Waals surface area contributed by atoms with Gasteiger partial charge in [-0.15, -0.1) is 10.2 Å². The van der Waals surface area contributed by atoms with Gasteiger partial charge in [0.05, 0.1) is 6.61 Å². The van der Waals surface area contributed by atoms with E-state index in [1.165, 1.54) is 6.33 Å². The average molecular weight is 262 g/mol. The van der Waals surface area contributed by atoms with Gasteiger partial charge in [0.1, 0.15) is 23.8 Å². The zero-order chi connectivity index (χ0) is 13.7. The fourth-order valence-corrected chi connectivity index (χ4v) is 1.63. The van der Waals surface area contributed by atoms with Crippen molar-refractivity contribution in [1.82, 2.24) is 24.7 Å². The van der Waals surface area contributed by atoms with Crippen molar-refractivity contribution < 1.29 is 4.74 Å². The molecule has 0 amide bonds. The highest BCUT2D eigenvalue weighted by Crippen LogP contribution is 2.10. The van der Waals surface area contributed by atoms with Gasteiger partial charge in [0.15, 0.2) is 0 Å². The number of hydrogen-bond donors (Lipinski definition) is 1. The lowest BCUT2D eigenvalue weighted by atomic mass is 10.4. The van der Waals surface area contributed by atoms with E-state index in [-0.39, 0.29) is 0 Å². The van der Waals surface area contributed by atoms with Gasteiger partial charge in [0.2, 0.25) is 5.88 Å². The summed E-state index contributed by atoms with van der Waals surface area (Å²) in [5, 5.41) is 11.3. The number of ether oxygens (including phenoxy) is 1. The molecule has 0 unspecified atom stereocenters.